The molecular formula is C22H24ClFN4O+2. The van der Waals surface area contributed by atoms with E-state index in [1.807, 2.05) is 18.2 Å². The number of benzene rings is 2. The highest BCUT2D eigenvalue weighted by Crippen LogP contribution is 2.19. The molecule has 3 aromatic rings. The first-order valence-electron chi connectivity index (χ1n) is 9.83. The zero-order valence-electron chi connectivity index (χ0n) is 16.1. The summed E-state index contributed by atoms with van der Waals surface area (Å²) >= 11 is 6.40. The fraction of sp³-hybridized carbons (Fsp3) is 0.273. The zero-order valence-corrected chi connectivity index (χ0v) is 16.8. The predicted molar refractivity (Wildman–Crippen MR) is 112 cm³/mol. The summed E-state index contributed by atoms with van der Waals surface area (Å²) in [7, 11) is 0. The maximum absolute atomic E-state index is 13.2. The lowest BCUT2D eigenvalue weighted by molar-refractivity contribution is -1.02. The Labute approximate surface area is 174 Å². The SMILES string of the molecule is O=C(C[NH+]1CC[NH+](Cc2cc3ccccc3nc2Cl)CC1)Nc1cccc(F)c1. The number of nitrogens with one attached hydrogen (secondary N) is 3. The number of amides is 1. The lowest BCUT2D eigenvalue weighted by atomic mass is 10.1. The third kappa shape index (κ3) is 5.09. The van der Waals surface area contributed by atoms with Gasteiger partial charge in [-0.3, -0.25) is 4.79 Å². The normalized spacial score (nSPS) is 19.2. The number of anilines is 1. The van der Waals surface area contributed by atoms with Crippen LogP contribution in [0, 0.1) is 5.82 Å². The van der Waals surface area contributed by atoms with Gasteiger partial charge in [0, 0.05) is 16.6 Å². The molecule has 0 saturated carbocycles. The summed E-state index contributed by atoms with van der Waals surface area (Å²) in [6, 6.07) is 16.1. The molecule has 7 heteroatoms. The van der Waals surface area contributed by atoms with Crippen LogP contribution in [0.2, 0.25) is 5.15 Å². The Balaban J connectivity index is 1.29. The standard InChI is InChI=1S/C22H22ClFN4O/c23-22-17(12-16-4-1-2-7-20(16)26-22)14-27-8-10-28(11-9-27)15-21(29)25-19-6-3-5-18(24)13-19/h1-7,12-13H,8-11,14-15H2,(H,25,29)/p+2. The number of para-hydroxylation sites is 1. The number of nitrogens with zero attached hydrogens (tertiary/aromatic N) is 1. The molecule has 3 N–H and O–H groups in total. The Bertz CT molecular complexity index is 1020. The van der Waals surface area contributed by atoms with Crippen LogP contribution in [0.3, 0.4) is 0 Å². The molecule has 0 atom stereocenters. The lowest BCUT2D eigenvalue weighted by Gasteiger charge is -2.29. The third-order valence-corrected chi connectivity index (χ3v) is 5.70. The molecule has 1 fully saturated rings. The van der Waals surface area contributed by atoms with Gasteiger partial charge in [0.15, 0.2) is 6.54 Å². The summed E-state index contributed by atoms with van der Waals surface area (Å²) < 4.78 is 13.2. The molecule has 0 radical (unpaired) electrons. The van der Waals surface area contributed by atoms with Crippen LogP contribution in [-0.2, 0) is 11.3 Å². The number of carbonyl (C=O) groups excluding carboxylic acids is 1. The van der Waals surface area contributed by atoms with Crippen LogP contribution in [-0.4, -0.2) is 43.6 Å². The number of halogens is 2. The van der Waals surface area contributed by atoms with Crippen LogP contribution >= 0.6 is 11.6 Å². The first-order valence-corrected chi connectivity index (χ1v) is 10.2. The number of hydrogen-bond acceptors (Lipinski definition) is 2. The molecule has 29 heavy (non-hydrogen) atoms. The number of aromatic nitrogens is 1. The second kappa shape index (κ2) is 8.86. The second-order valence-corrected chi connectivity index (χ2v) is 7.90. The zero-order chi connectivity index (χ0) is 20.2. The fourth-order valence-corrected chi connectivity index (χ4v) is 4.05. The number of quaternary nitrogens is 2. The number of carbonyl (C=O) groups is 1. The van der Waals surface area contributed by atoms with Gasteiger partial charge in [-0.15, -0.1) is 0 Å². The minimum Gasteiger partial charge on any atom is -0.322 e. The van der Waals surface area contributed by atoms with Crippen molar-refractivity contribution >= 4 is 34.1 Å². The van der Waals surface area contributed by atoms with Gasteiger partial charge in [0.2, 0.25) is 0 Å². The van der Waals surface area contributed by atoms with Crippen molar-refractivity contribution < 1.29 is 19.0 Å². The van der Waals surface area contributed by atoms with E-state index in [0.29, 0.717) is 17.4 Å². The first-order chi connectivity index (χ1) is 14.1. The molecule has 1 aliphatic heterocycles. The van der Waals surface area contributed by atoms with Crippen LogP contribution in [0.5, 0.6) is 0 Å². The molecule has 0 unspecified atom stereocenters. The number of rotatable bonds is 5. The third-order valence-electron chi connectivity index (χ3n) is 5.37. The van der Waals surface area contributed by atoms with E-state index in [2.05, 4.69) is 22.4 Å². The second-order valence-electron chi connectivity index (χ2n) is 7.54. The Morgan fingerprint density at radius 3 is 2.59 bits per heavy atom. The van der Waals surface area contributed by atoms with Gasteiger partial charge in [-0.2, -0.15) is 0 Å². The molecule has 0 bridgehead atoms. The summed E-state index contributed by atoms with van der Waals surface area (Å²) in [4.78, 5) is 19.4. The molecule has 150 valence electrons. The maximum atomic E-state index is 13.2. The smallest absolute Gasteiger partial charge is 0.279 e. The Hall–Kier alpha value is -2.54. The van der Waals surface area contributed by atoms with E-state index in [0.717, 1.165) is 49.2 Å². The molecular weight excluding hydrogens is 391 g/mol. The van der Waals surface area contributed by atoms with E-state index in [-0.39, 0.29) is 11.7 Å². The van der Waals surface area contributed by atoms with Crippen LogP contribution < -0.4 is 15.1 Å². The molecule has 1 aromatic heterocycles. The summed E-state index contributed by atoms with van der Waals surface area (Å²) in [6.45, 7) is 4.97. The number of fused-ring (bicyclic) bond motifs is 1. The molecule has 1 saturated heterocycles. The summed E-state index contributed by atoms with van der Waals surface area (Å²) in [6.07, 6.45) is 0. The minimum absolute atomic E-state index is 0.0872. The van der Waals surface area contributed by atoms with E-state index in [1.165, 1.54) is 21.9 Å². The van der Waals surface area contributed by atoms with E-state index in [4.69, 9.17) is 11.6 Å². The van der Waals surface area contributed by atoms with Gasteiger partial charge < -0.3 is 15.1 Å². The van der Waals surface area contributed by atoms with E-state index < -0.39 is 0 Å². The quantitative estimate of drug-likeness (QED) is 0.544. The van der Waals surface area contributed by atoms with Gasteiger partial charge in [0.1, 0.15) is 43.7 Å². The van der Waals surface area contributed by atoms with Gasteiger partial charge in [-0.1, -0.05) is 35.9 Å². The highest BCUT2D eigenvalue weighted by molar-refractivity contribution is 6.30. The molecule has 2 heterocycles. The van der Waals surface area contributed by atoms with Crippen molar-refractivity contribution in [2.75, 3.05) is 38.0 Å². The Morgan fingerprint density at radius 1 is 1.03 bits per heavy atom. The van der Waals surface area contributed by atoms with Crippen molar-refractivity contribution in [3.05, 3.63) is 71.1 Å². The van der Waals surface area contributed by atoms with Crippen LogP contribution in [0.4, 0.5) is 10.1 Å². The molecule has 1 aliphatic rings. The topological polar surface area (TPSA) is 50.9 Å². The number of hydrogen-bond donors (Lipinski definition) is 3. The van der Waals surface area contributed by atoms with Crippen molar-refractivity contribution in [1.29, 1.82) is 0 Å². The van der Waals surface area contributed by atoms with Gasteiger partial charge in [-0.05, 0) is 30.3 Å². The average Bonchev–Trinajstić information content (AvgIpc) is 2.70. The highest BCUT2D eigenvalue weighted by atomic mass is 35.5. The van der Waals surface area contributed by atoms with Crippen molar-refractivity contribution in [3.8, 4) is 0 Å². The minimum atomic E-state index is -0.353. The van der Waals surface area contributed by atoms with Gasteiger partial charge in [-0.25, -0.2) is 9.37 Å². The van der Waals surface area contributed by atoms with Gasteiger partial charge in [0.25, 0.3) is 5.91 Å². The summed E-state index contributed by atoms with van der Waals surface area (Å²) in [5.41, 5.74) is 2.47. The predicted octanol–water partition coefficient (Wildman–Crippen LogP) is 0.949. The van der Waals surface area contributed by atoms with Crippen LogP contribution in [0.25, 0.3) is 10.9 Å². The Morgan fingerprint density at radius 2 is 1.79 bits per heavy atom. The molecule has 2 aromatic carbocycles. The number of pyridine rings is 1. The van der Waals surface area contributed by atoms with Crippen LogP contribution in [0.1, 0.15) is 5.56 Å². The monoisotopic (exact) mass is 414 g/mol. The number of piperazine rings is 1. The molecule has 4 rings (SSSR count). The largest absolute Gasteiger partial charge is 0.322 e. The average molecular weight is 415 g/mol. The van der Waals surface area contributed by atoms with Crippen molar-refractivity contribution in [2.45, 2.75) is 6.54 Å². The first kappa shape index (κ1) is 19.8. The van der Waals surface area contributed by atoms with Crippen LogP contribution in [0.15, 0.2) is 54.6 Å². The molecule has 0 spiro atoms. The molecule has 0 aliphatic carbocycles. The maximum Gasteiger partial charge on any atom is 0.279 e. The van der Waals surface area contributed by atoms with E-state index in [1.54, 1.807) is 12.1 Å². The summed E-state index contributed by atoms with van der Waals surface area (Å²) in [5, 5.41) is 4.44. The van der Waals surface area contributed by atoms with E-state index in [9.17, 15) is 9.18 Å². The highest BCUT2D eigenvalue weighted by Gasteiger charge is 2.25. The molecule has 5 nitrogen and oxygen atoms in total. The fourth-order valence-electron chi connectivity index (χ4n) is 3.84. The van der Waals surface area contributed by atoms with Gasteiger partial charge in [0.05, 0.1) is 5.52 Å². The van der Waals surface area contributed by atoms with Gasteiger partial charge >= 0.3 is 0 Å². The molecule has 1 amide bonds. The van der Waals surface area contributed by atoms with E-state index >= 15 is 0 Å². The summed E-state index contributed by atoms with van der Waals surface area (Å²) in [5.74, 6) is -0.440. The van der Waals surface area contributed by atoms with Crippen molar-refractivity contribution in [1.82, 2.24) is 4.98 Å². The van der Waals surface area contributed by atoms with Crippen molar-refractivity contribution in [2.24, 2.45) is 0 Å². The van der Waals surface area contributed by atoms with Crippen molar-refractivity contribution in [3.63, 3.8) is 0 Å². The lowest BCUT2D eigenvalue weighted by Crippen LogP contribution is -3.28. The Kier molecular flexibility index (Phi) is 6.04.